The van der Waals surface area contributed by atoms with E-state index in [0.717, 1.165) is 37.5 Å². The molecule has 0 spiro atoms. The molecule has 1 fully saturated rings. The van der Waals surface area contributed by atoms with E-state index in [1.54, 1.807) is 18.3 Å². The molecule has 1 aliphatic heterocycles. The highest BCUT2D eigenvalue weighted by molar-refractivity contribution is 6.04. The Morgan fingerprint density at radius 3 is 2.78 bits per heavy atom. The number of aromatic nitrogens is 1. The predicted octanol–water partition coefficient (Wildman–Crippen LogP) is 3.71. The third-order valence-corrected chi connectivity index (χ3v) is 4.22. The van der Waals surface area contributed by atoms with Crippen LogP contribution in [0.5, 0.6) is 0 Å². The lowest BCUT2D eigenvalue weighted by molar-refractivity contribution is 0.102. The normalized spacial score (nSPS) is 15.5. The standard InChI is InChI=1S/C18H20FN3O/c1-13-5-7-22(8-6-13)17-9-14(11-20-12-17)18(23)21-16-4-2-3-15(19)10-16/h2-4,9-13H,5-8H2,1H3,(H,21,23). The molecule has 0 aliphatic carbocycles. The molecule has 1 aliphatic rings. The fourth-order valence-corrected chi connectivity index (χ4v) is 2.76. The third-order valence-electron chi connectivity index (χ3n) is 4.22. The van der Waals surface area contributed by atoms with Crippen LogP contribution in [0.25, 0.3) is 0 Å². The molecule has 0 saturated carbocycles. The largest absolute Gasteiger partial charge is 0.370 e. The van der Waals surface area contributed by atoms with Crippen molar-refractivity contribution in [3.63, 3.8) is 0 Å². The molecule has 0 atom stereocenters. The number of carbonyl (C=O) groups is 1. The number of piperidine rings is 1. The van der Waals surface area contributed by atoms with Crippen LogP contribution in [0.15, 0.2) is 42.7 Å². The highest BCUT2D eigenvalue weighted by atomic mass is 19.1. The Hall–Kier alpha value is -2.43. The Morgan fingerprint density at radius 2 is 2.04 bits per heavy atom. The summed E-state index contributed by atoms with van der Waals surface area (Å²) in [4.78, 5) is 18.8. The Bertz CT molecular complexity index is 696. The summed E-state index contributed by atoms with van der Waals surface area (Å²) in [6, 6.07) is 7.70. The Kier molecular flexibility index (Phi) is 4.55. The van der Waals surface area contributed by atoms with E-state index in [1.165, 1.54) is 18.3 Å². The monoisotopic (exact) mass is 313 g/mol. The lowest BCUT2D eigenvalue weighted by Gasteiger charge is -2.32. The molecule has 2 heterocycles. The molecule has 4 nitrogen and oxygen atoms in total. The first-order valence-electron chi connectivity index (χ1n) is 7.89. The average Bonchev–Trinajstić information content (AvgIpc) is 2.56. The number of nitrogens with one attached hydrogen (secondary N) is 1. The second kappa shape index (κ2) is 6.77. The first-order chi connectivity index (χ1) is 11.1. The number of hydrogen-bond acceptors (Lipinski definition) is 3. The zero-order valence-corrected chi connectivity index (χ0v) is 13.1. The smallest absolute Gasteiger partial charge is 0.257 e. The summed E-state index contributed by atoms with van der Waals surface area (Å²) in [5.74, 6) is 0.0890. The summed E-state index contributed by atoms with van der Waals surface area (Å²) in [7, 11) is 0. The number of pyridine rings is 1. The quantitative estimate of drug-likeness (QED) is 0.939. The minimum Gasteiger partial charge on any atom is -0.370 e. The van der Waals surface area contributed by atoms with Crippen molar-refractivity contribution in [2.75, 3.05) is 23.3 Å². The maximum atomic E-state index is 13.2. The lowest BCUT2D eigenvalue weighted by atomic mass is 9.99. The zero-order valence-electron chi connectivity index (χ0n) is 13.1. The summed E-state index contributed by atoms with van der Waals surface area (Å²) in [5, 5.41) is 2.70. The van der Waals surface area contributed by atoms with Gasteiger partial charge in [0, 0.05) is 25.0 Å². The Balaban J connectivity index is 1.72. The van der Waals surface area contributed by atoms with Gasteiger partial charge >= 0.3 is 0 Å². The van der Waals surface area contributed by atoms with E-state index in [0.29, 0.717) is 11.3 Å². The predicted molar refractivity (Wildman–Crippen MR) is 89.2 cm³/mol. The maximum Gasteiger partial charge on any atom is 0.257 e. The van der Waals surface area contributed by atoms with Gasteiger partial charge in [-0.3, -0.25) is 9.78 Å². The highest BCUT2D eigenvalue weighted by Crippen LogP contribution is 2.23. The van der Waals surface area contributed by atoms with Gasteiger partial charge in [-0.1, -0.05) is 13.0 Å². The van der Waals surface area contributed by atoms with Crippen LogP contribution in [0.2, 0.25) is 0 Å². The highest BCUT2D eigenvalue weighted by Gasteiger charge is 2.17. The van der Waals surface area contributed by atoms with Crippen molar-refractivity contribution in [3.05, 3.63) is 54.1 Å². The van der Waals surface area contributed by atoms with Crippen LogP contribution in [-0.4, -0.2) is 24.0 Å². The van der Waals surface area contributed by atoms with Crippen molar-refractivity contribution in [1.82, 2.24) is 4.98 Å². The minimum absolute atomic E-state index is 0.282. The van der Waals surface area contributed by atoms with Crippen molar-refractivity contribution in [3.8, 4) is 0 Å². The van der Waals surface area contributed by atoms with Crippen molar-refractivity contribution in [2.24, 2.45) is 5.92 Å². The number of nitrogens with zero attached hydrogens (tertiary/aromatic N) is 2. The molecule has 1 aromatic carbocycles. The fourth-order valence-electron chi connectivity index (χ4n) is 2.76. The van der Waals surface area contributed by atoms with Crippen molar-refractivity contribution < 1.29 is 9.18 Å². The topological polar surface area (TPSA) is 45.2 Å². The molecule has 0 unspecified atom stereocenters. The zero-order chi connectivity index (χ0) is 16.2. The lowest BCUT2D eigenvalue weighted by Crippen LogP contribution is -2.33. The van der Waals surface area contributed by atoms with Gasteiger partial charge in [0.25, 0.3) is 5.91 Å². The third kappa shape index (κ3) is 3.86. The van der Waals surface area contributed by atoms with Crippen LogP contribution in [0.3, 0.4) is 0 Å². The number of halogens is 1. The average molecular weight is 313 g/mol. The number of benzene rings is 1. The number of carbonyl (C=O) groups excluding carboxylic acids is 1. The van der Waals surface area contributed by atoms with Crippen molar-refractivity contribution in [1.29, 1.82) is 0 Å². The summed E-state index contributed by atoms with van der Waals surface area (Å²) in [5.41, 5.74) is 1.88. The van der Waals surface area contributed by atoms with Crippen molar-refractivity contribution in [2.45, 2.75) is 19.8 Å². The van der Waals surface area contributed by atoms with Crippen LogP contribution in [0, 0.1) is 11.7 Å². The molecule has 5 heteroatoms. The van der Waals surface area contributed by atoms with Crippen LogP contribution in [0.1, 0.15) is 30.1 Å². The van der Waals surface area contributed by atoms with Gasteiger partial charge in [0.2, 0.25) is 0 Å². The van der Waals surface area contributed by atoms with E-state index in [4.69, 9.17) is 0 Å². The Morgan fingerprint density at radius 1 is 1.26 bits per heavy atom. The molecule has 1 amide bonds. The van der Waals surface area contributed by atoms with Crippen LogP contribution >= 0.6 is 0 Å². The van der Waals surface area contributed by atoms with Gasteiger partial charge in [-0.25, -0.2) is 4.39 Å². The van der Waals surface area contributed by atoms with Crippen LogP contribution in [-0.2, 0) is 0 Å². The summed E-state index contributed by atoms with van der Waals surface area (Å²) < 4.78 is 13.2. The molecule has 1 N–H and O–H groups in total. The van der Waals surface area contributed by atoms with E-state index < -0.39 is 0 Å². The molecule has 0 bridgehead atoms. The van der Waals surface area contributed by atoms with Gasteiger partial charge in [-0.2, -0.15) is 0 Å². The molecule has 23 heavy (non-hydrogen) atoms. The summed E-state index contributed by atoms with van der Waals surface area (Å²) in [6.07, 6.45) is 5.62. The van der Waals surface area contributed by atoms with Crippen LogP contribution < -0.4 is 10.2 Å². The van der Waals surface area contributed by atoms with Crippen LogP contribution in [0.4, 0.5) is 15.8 Å². The first-order valence-corrected chi connectivity index (χ1v) is 7.89. The number of hydrogen-bond donors (Lipinski definition) is 1. The molecule has 1 aromatic heterocycles. The second-order valence-corrected chi connectivity index (χ2v) is 6.07. The molecular weight excluding hydrogens is 293 g/mol. The SMILES string of the molecule is CC1CCN(c2cncc(C(=O)Nc3cccc(F)c3)c2)CC1. The molecular formula is C18H20FN3O. The van der Waals surface area contributed by atoms with Gasteiger partial charge in [0.1, 0.15) is 5.82 Å². The van der Waals surface area contributed by atoms with Crippen molar-refractivity contribution >= 4 is 17.3 Å². The molecule has 0 radical (unpaired) electrons. The minimum atomic E-state index is -0.378. The Labute approximate surface area is 135 Å². The van der Waals surface area contributed by atoms with Gasteiger partial charge in [0.15, 0.2) is 0 Å². The molecule has 2 aromatic rings. The number of amides is 1. The summed E-state index contributed by atoms with van der Waals surface area (Å²) >= 11 is 0. The van der Waals surface area contributed by atoms with Gasteiger partial charge in [0.05, 0.1) is 17.4 Å². The molecule has 3 rings (SSSR count). The van der Waals surface area contributed by atoms with E-state index in [1.807, 2.05) is 6.07 Å². The van der Waals surface area contributed by atoms with Gasteiger partial charge in [-0.05, 0) is 43.0 Å². The maximum absolute atomic E-state index is 13.2. The fraction of sp³-hybridized carbons (Fsp3) is 0.333. The molecule has 120 valence electrons. The number of anilines is 2. The number of rotatable bonds is 3. The first kappa shape index (κ1) is 15.5. The summed E-state index contributed by atoms with van der Waals surface area (Å²) in [6.45, 7) is 4.23. The van der Waals surface area contributed by atoms with E-state index >= 15 is 0 Å². The molecule has 1 saturated heterocycles. The van der Waals surface area contributed by atoms with Gasteiger partial charge < -0.3 is 10.2 Å². The van der Waals surface area contributed by atoms with E-state index in [-0.39, 0.29) is 11.7 Å². The van der Waals surface area contributed by atoms with Gasteiger partial charge in [-0.15, -0.1) is 0 Å². The van der Waals surface area contributed by atoms with E-state index in [9.17, 15) is 9.18 Å². The second-order valence-electron chi connectivity index (χ2n) is 6.07. The van der Waals surface area contributed by atoms with E-state index in [2.05, 4.69) is 22.1 Å².